The highest BCUT2D eigenvalue weighted by atomic mass is 32.2. The van der Waals surface area contributed by atoms with Gasteiger partial charge in [-0.1, -0.05) is 30.3 Å². The van der Waals surface area contributed by atoms with Crippen molar-refractivity contribution in [2.75, 3.05) is 43.4 Å². The first-order valence-electron chi connectivity index (χ1n) is 12.5. The lowest BCUT2D eigenvalue weighted by Crippen LogP contribution is -2.52. The predicted molar refractivity (Wildman–Crippen MR) is 136 cm³/mol. The molecule has 184 valence electrons. The van der Waals surface area contributed by atoms with E-state index in [1.807, 2.05) is 0 Å². The minimum atomic E-state index is -3.31. The molecule has 6 rings (SSSR count). The van der Waals surface area contributed by atoms with E-state index >= 15 is 0 Å². The third-order valence-corrected chi connectivity index (χ3v) is 9.58. The fourth-order valence-electron chi connectivity index (χ4n) is 5.65. The smallest absolute Gasteiger partial charge is 0.181 e. The Kier molecular flexibility index (Phi) is 5.81. The van der Waals surface area contributed by atoms with Crippen LogP contribution < -0.4 is 9.64 Å². The fourth-order valence-corrected chi connectivity index (χ4v) is 7.20. The zero-order valence-electron chi connectivity index (χ0n) is 20.1. The van der Waals surface area contributed by atoms with Crippen molar-refractivity contribution in [1.29, 1.82) is 0 Å². The van der Waals surface area contributed by atoms with E-state index in [9.17, 15) is 8.42 Å². The summed E-state index contributed by atoms with van der Waals surface area (Å²) in [4.78, 5) is 5.16. The Labute approximate surface area is 207 Å². The summed E-state index contributed by atoms with van der Waals surface area (Å²) in [6.07, 6.45) is 5.28. The molecule has 3 aliphatic heterocycles. The van der Waals surface area contributed by atoms with Crippen LogP contribution in [-0.2, 0) is 23.3 Å². The van der Waals surface area contributed by atoms with Crippen LogP contribution in [0, 0.1) is 5.92 Å². The highest BCUT2D eigenvalue weighted by Gasteiger charge is 2.38. The summed E-state index contributed by atoms with van der Waals surface area (Å²) in [7, 11) is -1.57. The minimum Gasteiger partial charge on any atom is -0.492 e. The van der Waals surface area contributed by atoms with Crippen LogP contribution in [0.4, 0.5) is 5.69 Å². The summed E-state index contributed by atoms with van der Waals surface area (Å²) < 4.78 is 33.3. The quantitative estimate of drug-likeness (QED) is 0.505. The summed E-state index contributed by atoms with van der Waals surface area (Å²) in [6, 6.07) is 17.6. The number of aromatic nitrogens is 2. The number of sulfone groups is 1. The van der Waals surface area contributed by atoms with Crippen LogP contribution >= 0.6 is 0 Å². The number of rotatable bonds is 7. The molecule has 0 spiro atoms. The zero-order valence-corrected chi connectivity index (χ0v) is 20.9. The van der Waals surface area contributed by atoms with Gasteiger partial charge in [0, 0.05) is 49.4 Å². The average molecular weight is 493 g/mol. The molecule has 0 bridgehead atoms. The van der Waals surface area contributed by atoms with E-state index in [1.165, 1.54) is 28.4 Å². The Morgan fingerprint density at radius 2 is 1.89 bits per heavy atom. The number of aryl methyl sites for hydroxylation is 1. The maximum Gasteiger partial charge on any atom is 0.181 e. The third-order valence-electron chi connectivity index (χ3n) is 7.74. The van der Waals surface area contributed by atoms with Gasteiger partial charge in [0.1, 0.15) is 17.3 Å². The molecule has 35 heavy (non-hydrogen) atoms. The van der Waals surface area contributed by atoms with Gasteiger partial charge in [0.15, 0.2) is 9.84 Å². The van der Waals surface area contributed by atoms with Crippen molar-refractivity contribution in [3.8, 4) is 5.75 Å². The SMILES string of the molecule is Cn1cc(S(=O)(=O)CC2CN(c3ccc4c(c3)C(Cc3ccccc3)C(N3CCC3)CO4)C2)cn1. The second-order valence-electron chi connectivity index (χ2n) is 10.2. The number of nitrogens with zero attached hydrogens (tertiary/aromatic N) is 4. The van der Waals surface area contributed by atoms with Gasteiger partial charge < -0.3 is 9.64 Å². The normalized spacial score (nSPS) is 22.7. The lowest BCUT2D eigenvalue weighted by atomic mass is 9.82. The van der Waals surface area contributed by atoms with Gasteiger partial charge in [-0.15, -0.1) is 0 Å². The molecule has 0 saturated carbocycles. The molecule has 3 aliphatic rings. The van der Waals surface area contributed by atoms with Gasteiger partial charge in [-0.3, -0.25) is 9.58 Å². The van der Waals surface area contributed by atoms with E-state index in [-0.39, 0.29) is 11.7 Å². The molecule has 2 saturated heterocycles. The molecule has 0 N–H and O–H groups in total. The molecule has 2 aromatic carbocycles. The van der Waals surface area contributed by atoms with Crippen LogP contribution in [0.2, 0.25) is 0 Å². The number of hydrogen-bond donors (Lipinski definition) is 0. The van der Waals surface area contributed by atoms with Gasteiger partial charge >= 0.3 is 0 Å². The molecule has 2 fully saturated rings. The van der Waals surface area contributed by atoms with Crippen molar-refractivity contribution in [3.63, 3.8) is 0 Å². The summed E-state index contributed by atoms with van der Waals surface area (Å²) in [5.41, 5.74) is 3.79. The molecule has 2 atom stereocenters. The van der Waals surface area contributed by atoms with Crippen LogP contribution in [0.25, 0.3) is 0 Å². The number of likely N-dealkylation sites (tertiary alicyclic amines) is 1. The molecular weight excluding hydrogens is 460 g/mol. The van der Waals surface area contributed by atoms with Crippen molar-refractivity contribution in [2.45, 2.75) is 29.7 Å². The average Bonchev–Trinajstić information content (AvgIpc) is 3.24. The van der Waals surface area contributed by atoms with Gasteiger partial charge in [-0.2, -0.15) is 5.10 Å². The predicted octanol–water partition coefficient (Wildman–Crippen LogP) is 3.12. The highest BCUT2D eigenvalue weighted by molar-refractivity contribution is 7.91. The molecule has 0 aliphatic carbocycles. The van der Waals surface area contributed by atoms with Crippen molar-refractivity contribution in [1.82, 2.24) is 14.7 Å². The summed E-state index contributed by atoms with van der Waals surface area (Å²) in [5.74, 6) is 1.66. The van der Waals surface area contributed by atoms with Crippen LogP contribution in [0.3, 0.4) is 0 Å². The molecule has 1 aromatic heterocycles. The first kappa shape index (κ1) is 22.6. The van der Waals surface area contributed by atoms with Crippen LogP contribution in [0.5, 0.6) is 5.75 Å². The first-order chi connectivity index (χ1) is 17.0. The van der Waals surface area contributed by atoms with E-state index in [0.717, 1.165) is 50.6 Å². The summed E-state index contributed by atoms with van der Waals surface area (Å²) in [5, 5.41) is 4.01. The van der Waals surface area contributed by atoms with E-state index in [1.54, 1.807) is 13.2 Å². The largest absolute Gasteiger partial charge is 0.492 e. The van der Waals surface area contributed by atoms with Gasteiger partial charge in [-0.25, -0.2) is 8.42 Å². The number of hydrogen-bond acceptors (Lipinski definition) is 6. The van der Waals surface area contributed by atoms with Gasteiger partial charge in [0.2, 0.25) is 0 Å². The van der Waals surface area contributed by atoms with Gasteiger partial charge in [0.25, 0.3) is 0 Å². The molecule has 7 nitrogen and oxygen atoms in total. The molecule has 0 radical (unpaired) electrons. The maximum atomic E-state index is 12.7. The number of benzene rings is 2. The van der Waals surface area contributed by atoms with E-state index < -0.39 is 9.84 Å². The van der Waals surface area contributed by atoms with E-state index in [2.05, 4.69) is 63.4 Å². The first-order valence-corrected chi connectivity index (χ1v) is 14.1. The second-order valence-corrected chi connectivity index (χ2v) is 12.2. The van der Waals surface area contributed by atoms with E-state index in [4.69, 9.17) is 4.74 Å². The van der Waals surface area contributed by atoms with Crippen molar-refractivity contribution in [3.05, 3.63) is 72.1 Å². The van der Waals surface area contributed by atoms with Gasteiger partial charge in [0.05, 0.1) is 18.0 Å². The molecule has 4 heterocycles. The van der Waals surface area contributed by atoms with Gasteiger partial charge in [-0.05, 0) is 49.7 Å². The highest BCUT2D eigenvalue weighted by Crippen LogP contribution is 2.42. The Bertz CT molecular complexity index is 1300. The molecule has 8 heteroatoms. The van der Waals surface area contributed by atoms with Crippen molar-refractivity contribution < 1.29 is 13.2 Å². The number of anilines is 1. The Morgan fingerprint density at radius 3 is 2.57 bits per heavy atom. The molecule has 2 unspecified atom stereocenters. The monoisotopic (exact) mass is 492 g/mol. The van der Waals surface area contributed by atoms with Crippen LogP contribution in [0.15, 0.2) is 65.8 Å². The second kappa shape index (κ2) is 8.99. The number of ether oxygens (including phenoxy) is 1. The number of fused-ring (bicyclic) bond motifs is 1. The summed E-state index contributed by atoms with van der Waals surface area (Å²) >= 11 is 0. The van der Waals surface area contributed by atoms with Crippen molar-refractivity contribution in [2.24, 2.45) is 13.0 Å². The Balaban J connectivity index is 1.19. The van der Waals surface area contributed by atoms with Crippen LogP contribution in [0.1, 0.15) is 23.5 Å². The lowest BCUT2D eigenvalue weighted by Gasteiger charge is -2.46. The molecular formula is C27H32N4O3S. The molecule has 0 amide bonds. The standard InChI is InChI=1S/C27H32N4O3S/c1-29-17-23(14-28-29)35(32,33)19-21-15-31(16-21)22-8-9-27-25(13-22)24(12-20-6-3-2-4-7-20)26(18-34-27)30-10-5-11-30/h2-4,6-9,13-14,17,21,24,26H,5,10-12,15-16,18-19H2,1H3. The third kappa shape index (κ3) is 4.45. The summed E-state index contributed by atoms with van der Waals surface area (Å²) in [6.45, 7) is 4.53. The minimum absolute atomic E-state index is 0.126. The lowest BCUT2D eigenvalue weighted by molar-refractivity contribution is 0.0502. The fraction of sp³-hybridized carbons (Fsp3) is 0.444. The topological polar surface area (TPSA) is 67.7 Å². The van der Waals surface area contributed by atoms with Crippen LogP contribution in [-0.4, -0.2) is 67.7 Å². The molecule has 3 aromatic rings. The zero-order chi connectivity index (χ0) is 24.0. The maximum absolute atomic E-state index is 12.7. The van der Waals surface area contributed by atoms with Crippen molar-refractivity contribution >= 4 is 15.5 Å². The Morgan fingerprint density at radius 1 is 1.09 bits per heavy atom. The van der Waals surface area contributed by atoms with E-state index in [0.29, 0.717) is 16.9 Å². The Hall–Kier alpha value is -2.84.